The highest BCUT2D eigenvalue weighted by molar-refractivity contribution is 7.09. The lowest BCUT2D eigenvalue weighted by molar-refractivity contribution is 0.382. The SMILES string of the molecule is CCNC(Cc1nc(C)cs1)c1cccnc1OC. The molecule has 0 aromatic carbocycles. The second-order valence-corrected chi connectivity index (χ2v) is 5.24. The van der Waals surface area contributed by atoms with Crippen LogP contribution >= 0.6 is 11.3 Å². The zero-order chi connectivity index (χ0) is 13.7. The summed E-state index contributed by atoms with van der Waals surface area (Å²) >= 11 is 1.70. The van der Waals surface area contributed by atoms with Crippen molar-refractivity contribution in [3.05, 3.63) is 40.0 Å². The number of methoxy groups -OCH3 is 1. The van der Waals surface area contributed by atoms with Gasteiger partial charge >= 0.3 is 0 Å². The van der Waals surface area contributed by atoms with Gasteiger partial charge in [-0.25, -0.2) is 9.97 Å². The van der Waals surface area contributed by atoms with Crippen molar-refractivity contribution in [2.75, 3.05) is 13.7 Å². The molecule has 0 aliphatic heterocycles. The number of nitrogens with zero attached hydrogens (tertiary/aromatic N) is 2. The number of likely N-dealkylation sites (N-methyl/N-ethyl adjacent to an activating group) is 1. The molecule has 0 spiro atoms. The highest BCUT2D eigenvalue weighted by Crippen LogP contribution is 2.26. The van der Waals surface area contributed by atoms with Crippen LogP contribution in [-0.4, -0.2) is 23.6 Å². The van der Waals surface area contributed by atoms with Gasteiger partial charge in [0.25, 0.3) is 0 Å². The first-order valence-corrected chi connectivity index (χ1v) is 7.25. The fraction of sp³-hybridized carbons (Fsp3) is 0.429. The predicted molar refractivity (Wildman–Crippen MR) is 77.8 cm³/mol. The Morgan fingerprint density at radius 2 is 2.32 bits per heavy atom. The zero-order valence-corrected chi connectivity index (χ0v) is 12.3. The summed E-state index contributed by atoms with van der Waals surface area (Å²) in [4.78, 5) is 8.80. The van der Waals surface area contributed by atoms with Gasteiger partial charge in [-0.15, -0.1) is 11.3 Å². The molecule has 19 heavy (non-hydrogen) atoms. The van der Waals surface area contributed by atoms with E-state index in [-0.39, 0.29) is 6.04 Å². The van der Waals surface area contributed by atoms with Crippen LogP contribution in [0.15, 0.2) is 23.7 Å². The lowest BCUT2D eigenvalue weighted by Gasteiger charge is -2.18. The number of pyridine rings is 1. The van der Waals surface area contributed by atoms with Gasteiger partial charge in [-0.3, -0.25) is 0 Å². The van der Waals surface area contributed by atoms with E-state index < -0.39 is 0 Å². The van der Waals surface area contributed by atoms with Crippen LogP contribution < -0.4 is 10.1 Å². The molecule has 0 radical (unpaired) electrons. The number of thiazole rings is 1. The molecule has 0 saturated carbocycles. The van der Waals surface area contributed by atoms with E-state index >= 15 is 0 Å². The van der Waals surface area contributed by atoms with Crippen molar-refractivity contribution in [3.63, 3.8) is 0 Å². The molecule has 4 nitrogen and oxygen atoms in total. The molecular formula is C14H19N3OS. The van der Waals surface area contributed by atoms with Gasteiger partial charge in [-0.1, -0.05) is 13.0 Å². The number of aromatic nitrogens is 2. The fourth-order valence-electron chi connectivity index (χ4n) is 2.05. The summed E-state index contributed by atoms with van der Waals surface area (Å²) in [5.74, 6) is 0.682. The maximum atomic E-state index is 5.35. The molecule has 1 atom stereocenters. The summed E-state index contributed by atoms with van der Waals surface area (Å²) in [6.45, 7) is 5.02. The molecule has 5 heteroatoms. The van der Waals surface area contributed by atoms with Gasteiger partial charge in [0.05, 0.1) is 12.1 Å². The Bertz CT molecular complexity index is 527. The third-order valence-corrected chi connectivity index (χ3v) is 3.85. The molecule has 0 aliphatic rings. The lowest BCUT2D eigenvalue weighted by atomic mass is 10.1. The molecular weight excluding hydrogens is 258 g/mol. The molecule has 0 fully saturated rings. The van der Waals surface area contributed by atoms with Crippen molar-refractivity contribution in [2.24, 2.45) is 0 Å². The van der Waals surface area contributed by atoms with Crippen LogP contribution in [0.1, 0.15) is 29.2 Å². The minimum absolute atomic E-state index is 0.180. The van der Waals surface area contributed by atoms with Crippen LogP contribution in [0.25, 0.3) is 0 Å². The smallest absolute Gasteiger partial charge is 0.217 e. The average Bonchev–Trinajstić information content (AvgIpc) is 2.84. The van der Waals surface area contributed by atoms with E-state index in [9.17, 15) is 0 Å². The minimum Gasteiger partial charge on any atom is -0.481 e. The summed E-state index contributed by atoms with van der Waals surface area (Å²) < 4.78 is 5.35. The average molecular weight is 277 g/mol. The largest absolute Gasteiger partial charge is 0.481 e. The molecule has 2 rings (SSSR count). The Labute approximate surface area is 117 Å². The molecule has 2 heterocycles. The van der Waals surface area contributed by atoms with Gasteiger partial charge in [0.15, 0.2) is 0 Å². The molecule has 1 N–H and O–H groups in total. The number of hydrogen-bond acceptors (Lipinski definition) is 5. The van der Waals surface area contributed by atoms with E-state index in [1.165, 1.54) is 0 Å². The van der Waals surface area contributed by atoms with Crippen molar-refractivity contribution in [1.29, 1.82) is 0 Å². The Hall–Kier alpha value is -1.46. The van der Waals surface area contributed by atoms with Crippen molar-refractivity contribution in [3.8, 4) is 5.88 Å². The first kappa shape index (κ1) is 14.0. The van der Waals surface area contributed by atoms with E-state index in [0.29, 0.717) is 5.88 Å². The Balaban J connectivity index is 2.23. The molecule has 1 unspecified atom stereocenters. The van der Waals surface area contributed by atoms with Crippen molar-refractivity contribution in [2.45, 2.75) is 26.3 Å². The van der Waals surface area contributed by atoms with Crippen LogP contribution in [0.5, 0.6) is 5.88 Å². The first-order chi connectivity index (χ1) is 9.24. The summed E-state index contributed by atoms with van der Waals surface area (Å²) in [5, 5.41) is 6.69. The molecule has 2 aromatic heterocycles. The van der Waals surface area contributed by atoms with Gasteiger partial charge in [0.2, 0.25) is 5.88 Å². The molecule has 102 valence electrons. The third-order valence-electron chi connectivity index (χ3n) is 2.87. The second kappa shape index (κ2) is 6.63. The fourth-order valence-corrected chi connectivity index (χ4v) is 2.87. The maximum Gasteiger partial charge on any atom is 0.217 e. The number of nitrogens with one attached hydrogen (secondary N) is 1. The predicted octanol–water partition coefficient (Wildman–Crippen LogP) is 2.75. The Morgan fingerprint density at radius 3 is 2.95 bits per heavy atom. The quantitative estimate of drug-likeness (QED) is 0.882. The number of aryl methyl sites for hydroxylation is 1. The van der Waals surface area contributed by atoms with Crippen molar-refractivity contribution in [1.82, 2.24) is 15.3 Å². The standard InChI is InChI=1S/C14H19N3OS/c1-4-15-12(8-13-17-10(2)9-19-13)11-6-5-7-16-14(11)18-3/h5-7,9,12,15H,4,8H2,1-3H3. The van der Waals surface area contributed by atoms with E-state index in [1.807, 2.05) is 13.0 Å². The monoisotopic (exact) mass is 277 g/mol. The van der Waals surface area contributed by atoms with Crippen LogP contribution in [0, 0.1) is 6.92 Å². The second-order valence-electron chi connectivity index (χ2n) is 4.30. The summed E-state index contributed by atoms with van der Waals surface area (Å²) in [6, 6.07) is 4.17. The molecule has 0 aliphatic carbocycles. The number of ether oxygens (including phenoxy) is 1. The van der Waals surface area contributed by atoms with E-state index in [4.69, 9.17) is 4.74 Å². The van der Waals surface area contributed by atoms with Crippen LogP contribution in [-0.2, 0) is 6.42 Å². The molecule has 0 saturated heterocycles. The van der Waals surface area contributed by atoms with Gasteiger partial charge < -0.3 is 10.1 Å². The highest BCUT2D eigenvalue weighted by atomic mass is 32.1. The maximum absolute atomic E-state index is 5.35. The topological polar surface area (TPSA) is 47.0 Å². The van der Waals surface area contributed by atoms with Gasteiger partial charge in [0.1, 0.15) is 0 Å². The van der Waals surface area contributed by atoms with Crippen LogP contribution in [0.2, 0.25) is 0 Å². The summed E-state index contributed by atoms with van der Waals surface area (Å²) in [6.07, 6.45) is 2.60. The Morgan fingerprint density at radius 1 is 1.47 bits per heavy atom. The van der Waals surface area contributed by atoms with Crippen molar-refractivity contribution >= 4 is 11.3 Å². The molecule has 2 aromatic rings. The first-order valence-electron chi connectivity index (χ1n) is 6.38. The lowest BCUT2D eigenvalue weighted by Crippen LogP contribution is -2.23. The normalized spacial score (nSPS) is 12.4. The van der Waals surface area contributed by atoms with Gasteiger partial charge in [0, 0.05) is 35.3 Å². The van der Waals surface area contributed by atoms with E-state index in [2.05, 4.69) is 33.7 Å². The van der Waals surface area contributed by atoms with E-state index in [0.717, 1.165) is 29.2 Å². The summed E-state index contributed by atoms with van der Waals surface area (Å²) in [7, 11) is 1.66. The van der Waals surface area contributed by atoms with Gasteiger partial charge in [-0.2, -0.15) is 0 Å². The van der Waals surface area contributed by atoms with Gasteiger partial charge in [-0.05, 0) is 19.5 Å². The highest BCUT2D eigenvalue weighted by Gasteiger charge is 2.17. The van der Waals surface area contributed by atoms with Crippen LogP contribution in [0.4, 0.5) is 0 Å². The zero-order valence-electron chi connectivity index (χ0n) is 11.5. The van der Waals surface area contributed by atoms with E-state index in [1.54, 1.807) is 24.6 Å². The number of hydrogen-bond donors (Lipinski definition) is 1. The minimum atomic E-state index is 0.180. The van der Waals surface area contributed by atoms with Crippen molar-refractivity contribution < 1.29 is 4.74 Å². The number of rotatable bonds is 6. The summed E-state index contributed by atoms with van der Waals surface area (Å²) in [5.41, 5.74) is 2.16. The third kappa shape index (κ3) is 3.52. The molecule has 0 bridgehead atoms. The molecule has 0 amide bonds. The Kier molecular flexibility index (Phi) is 4.87. The van der Waals surface area contributed by atoms with Crippen LogP contribution in [0.3, 0.4) is 0 Å².